The lowest BCUT2D eigenvalue weighted by molar-refractivity contribution is 1.30. The summed E-state index contributed by atoms with van der Waals surface area (Å²) >= 11 is 0. The average Bonchev–Trinajstić information content (AvgIpc) is 0.717. The molecule has 478 valence electrons. The third-order valence-corrected chi connectivity index (χ3v) is 20.2. The Morgan fingerprint density at radius 1 is 0.147 bits per heavy atom. The molecule has 18 aromatic rings. The van der Waals surface area contributed by atoms with Crippen molar-refractivity contribution in [1.82, 2.24) is 0 Å². The molecule has 0 unspecified atom stereocenters. The lowest BCUT2D eigenvalue weighted by atomic mass is 9.87. The quantitative estimate of drug-likeness (QED) is 0.0890. The lowest BCUT2D eigenvalue weighted by Gasteiger charge is -2.30. The van der Waals surface area contributed by atoms with Gasteiger partial charge in [-0.1, -0.05) is 340 Å². The van der Waals surface area contributed by atoms with Gasteiger partial charge in [-0.05, 0) is 206 Å². The van der Waals surface area contributed by atoms with Crippen LogP contribution in [0.25, 0.3) is 144 Å². The van der Waals surface area contributed by atoms with Gasteiger partial charge in [0.25, 0.3) is 0 Å². The molecular weight excluding hydrogens is 1230 g/mol. The summed E-state index contributed by atoms with van der Waals surface area (Å²) in [6, 6.07) is 152. The first-order chi connectivity index (χ1) is 50.6. The Morgan fingerprint density at radius 2 is 0.392 bits per heavy atom. The summed E-state index contributed by atoms with van der Waals surface area (Å²) < 4.78 is 0. The van der Waals surface area contributed by atoms with Gasteiger partial charge >= 0.3 is 0 Å². The Balaban J connectivity index is 0.858. The fraction of sp³-hybridized carbons (Fsp3) is 0. The Kier molecular flexibility index (Phi) is 16.0. The van der Waals surface area contributed by atoms with Crippen LogP contribution in [0.3, 0.4) is 0 Å². The Morgan fingerprint density at radius 3 is 0.657 bits per heavy atom. The van der Waals surface area contributed by atoms with Crippen molar-refractivity contribution in [3.05, 3.63) is 413 Å². The molecule has 0 amide bonds. The monoisotopic (exact) mass is 1300 g/mol. The topological polar surface area (TPSA) is 6.48 Å². The van der Waals surface area contributed by atoms with Crippen molar-refractivity contribution in [2.75, 3.05) is 9.80 Å². The largest absolute Gasteiger partial charge is 0.310 e. The molecule has 0 bridgehead atoms. The van der Waals surface area contributed by atoms with Gasteiger partial charge in [-0.15, -0.1) is 0 Å². The zero-order valence-corrected chi connectivity index (χ0v) is 56.2. The number of rotatable bonds is 16. The molecule has 0 fully saturated rings. The van der Waals surface area contributed by atoms with Crippen molar-refractivity contribution in [3.8, 4) is 111 Å². The zero-order valence-electron chi connectivity index (χ0n) is 56.2. The first-order valence-corrected chi connectivity index (χ1v) is 35.1. The van der Waals surface area contributed by atoms with E-state index in [1.807, 2.05) is 0 Å². The predicted octanol–water partition coefficient (Wildman–Crippen LogP) is 28.2. The fourth-order valence-corrected chi connectivity index (χ4v) is 15.4. The van der Waals surface area contributed by atoms with Crippen molar-refractivity contribution in [2.24, 2.45) is 0 Å². The minimum Gasteiger partial charge on any atom is -0.310 e. The number of benzene rings is 18. The van der Waals surface area contributed by atoms with Gasteiger partial charge in [0.05, 0.1) is 11.4 Å². The second kappa shape index (κ2) is 26.8. The molecule has 0 aromatic heterocycles. The van der Waals surface area contributed by atoms with E-state index in [0.29, 0.717) is 0 Å². The van der Waals surface area contributed by atoms with Crippen molar-refractivity contribution in [1.29, 1.82) is 0 Å². The molecule has 0 aliphatic heterocycles. The molecule has 2 heteroatoms. The molecule has 18 aromatic carbocycles. The first kappa shape index (κ1) is 61.0. The molecular formula is C100H68N2. The molecule has 0 aliphatic carbocycles. The summed E-state index contributed by atoms with van der Waals surface area (Å²) in [5, 5.41) is 7.07. The van der Waals surface area contributed by atoms with Crippen LogP contribution in [0.4, 0.5) is 34.1 Å². The van der Waals surface area contributed by atoms with Crippen LogP contribution in [0.2, 0.25) is 0 Å². The molecule has 2 nitrogen and oxygen atoms in total. The van der Waals surface area contributed by atoms with Gasteiger partial charge in [-0.3, -0.25) is 0 Å². The molecule has 0 saturated heterocycles. The van der Waals surface area contributed by atoms with E-state index in [4.69, 9.17) is 0 Å². The second-order valence-electron chi connectivity index (χ2n) is 26.3. The smallest absolute Gasteiger partial charge is 0.0540 e. The maximum Gasteiger partial charge on any atom is 0.0540 e. The number of hydrogen-bond donors (Lipinski definition) is 0. The molecule has 0 aliphatic rings. The van der Waals surface area contributed by atoms with E-state index < -0.39 is 0 Å². The zero-order chi connectivity index (χ0) is 67.7. The Hall–Kier alpha value is -13.4. The van der Waals surface area contributed by atoms with Gasteiger partial charge in [-0.2, -0.15) is 0 Å². The number of hydrogen-bond acceptors (Lipinski definition) is 2. The maximum absolute atomic E-state index is 2.50. The van der Waals surface area contributed by atoms with Crippen LogP contribution >= 0.6 is 0 Å². The van der Waals surface area contributed by atoms with E-state index in [1.165, 1.54) is 77.2 Å². The normalized spacial score (nSPS) is 11.3. The lowest BCUT2D eigenvalue weighted by Crippen LogP contribution is -2.12. The SMILES string of the molecule is c1ccc(-c2cc(-c3ccccc3)cc(N(c3ccc(-c4c(-c5ccccc5)cccc4-c4ccccc4)cc3)c3ccc4ccc5c(N(c6ccc(-c7c(-c8ccccc8)cccc7-c7ccccc7)cc6)c6cc(-c7ccccc7)cc(-c7ccccc7)c6)ccc6ccc3c4c65)c2)cc1. The minimum absolute atomic E-state index is 1.04. The van der Waals surface area contributed by atoms with E-state index >= 15 is 0 Å². The molecule has 18 rings (SSSR count). The van der Waals surface area contributed by atoms with Gasteiger partial charge in [-0.25, -0.2) is 0 Å². The summed E-state index contributed by atoms with van der Waals surface area (Å²) in [5.74, 6) is 0. The predicted molar refractivity (Wildman–Crippen MR) is 434 cm³/mol. The van der Waals surface area contributed by atoms with Gasteiger partial charge in [0.2, 0.25) is 0 Å². The van der Waals surface area contributed by atoms with Gasteiger partial charge < -0.3 is 9.80 Å². The van der Waals surface area contributed by atoms with Crippen LogP contribution in [0.15, 0.2) is 413 Å². The minimum atomic E-state index is 1.04. The second-order valence-corrected chi connectivity index (χ2v) is 26.3. The molecule has 0 saturated carbocycles. The average molecular weight is 1300 g/mol. The van der Waals surface area contributed by atoms with Crippen molar-refractivity contribution in [2.45, 2.75) is 0 Å². The third-order valence-electron chi connectivity index (χ3n) is 20.2. The Labute approximate surface area is 596 Å². The van der Waals surface area contributed by atoms with Crippen molar-refractivity contribution >= 4 is 66.4 Å². The highest BCUT2D eigenvalue weighted by Gasteiger charge is 2.26. The molecule has 0 N–H and O–H groups in total. The van der Waals surface area contributed by atoms with Crippen molar-refractivity contribution < 1.29 is 0 Å². The fourth-order valence-electron chi connectivity index (χ4n) is 15.4. The third kappa shape index (κ3) is 11.5. The summed E-state index contributed by atoms with van der Waals surface area (Å²) in [7, 11) is 0. The van der Waals surface area contributed by atoms with Gasteiger partial charge in [0.15, 0.2) is 0 Å². The summed E-state index contributed by atoms with van der Waals surface area (Å²) in [6.45, 7) is 0. The molecule has 0 radical (unpaired) electrons. The summed E-state index contributed by atoms with van der Waals surface area (Å²) in [6.07, 6.45) is 0. The van der Waals surface area contributed by atoms with Crippen LogP contribution in [-0.4, -0.2) is 0 Å². The molecule has 0 heterocycles. The Bertz CT molecular complexity index is 5380. The van der Waals surface area contributed by atoms with Crippen LogP contribution in [0.1, 0.15) is 0 Å². The van der Waals surface area contributed by atoms with Crippen LogP contribution in [0, 0.1) is 0 Å². The number of nitrogens with zero attached hydrogens (tertiary/aromatic N) is 2. The summed E-state index contributed by atoms with van der Waals surface area (Å²) in [5.41, 5.74) is 29.6. The highest BCUT2D eigenvalue weighted by Crippen LogP contribution is 2.51. The first-order valence-electron chi connectivity index (χ1n) is 35.1. The van der Waals surface area contributed by atoms with Gasteiger partial charge in [0.1, 0.15) is 0 Å². The number of anilines is 6. The van der Waals surface area contributed by atoms with Crippen LogP contribution in [0.5, 0.6) is 0 Å². The highest BCUT2D eigenvalue weighted by atomic mass is 15.2. The maximum atomic E-state index is 2.50. The van der Waals surface area contributed by atoms with E-state index in [-0.39, 0.29) is 0 Å². The standard InChI is InChI=1S/C100H68N2/c1-9-27-69(28-10-1)81-63-82(70-29-11-2-12-30-70)66-87(65-81)101(85-55-47-77(48-56-85)97-89(73-35-17-5-18-36-73)43-25-44-90(97)74-37-19-6-20-38-74)95-61-53-79-52-60-94-96(62-54-80-51-59-93(95)99(79)100(80)94)102(88-67-83(71-31-13-3-14-32-71)64-84(68-88)72-33-15-4-16-34-72)86-57-49-78(50-58-86)98-91(75-39-21-7-22-40-75)45-26-46-92(98)76-41-23-8-24-42-76/h1-68H. The van der Waals surface area contributed by atoms with E-state index in [2.05, 4.69) is 422 Å². The highest BCUT2D eigenvalue weighted by molar-refractivity contribution is 6.28. The van der Waals surface area contributed by atoms with Crippen LogP contribution in [-0.2, 0) is 0 Å². The van der Waals surface area contributed by atoms with Crippen LogP contribution < -0.4 is 9.80 Å². The van der Waals surface area contributed by atoms with E-state index in [1.54, 1.807) is 0 Å². The van der Waals surface area contributed by atoms with E-state index in [0.717, 1.165) is 101 Å². The molecule has 0 atom stereocenters. The van der Waals surface area contributed by atoms with Gasteiger partial charge in [0, 0.05) is 33.5 Å². The van der Waals surface area contributed by atoms with E-state index in [9.17, 15) is 0 Å². The molecule has 102 heavy (non-hydrogen) atoms. The molecule has 0 spiro atoms. The van der Waals surface area contributed by atoms with Crippen molar-refractivity contribution in [3.63, 3.8) is 0 Å². The summed E-state index contributed by atoms with van der Waals surface area (Å²) in [4.78, 5) is 5.01.